The molecular weight excluding hydrogens is 400 g/mol. The molecule has 0 spiro atoms. The van der Waals surface area contributed by atoms with Crippen LogP contribution in [0.2, 0.25) is 0 Å². The Kier molecular flexibility index (Phi) is 5.85. The number of amides is 1. The molecule has 1 amide bonds. The number of hydrogen-bond acceptors (Lipinski definition) is 4. The fourth-order valence-corrected chi connectivity index (χ4v) is 5.25. The van der Waals surface area contributed by atoms with E-state index < -0.39 is 10.0 Å². The first kappa shape index (κ1) is 20.5. The van der Waals surface area contributed by atoms with Crippen molar-refractivity contribution in [3.05, 3.63) is 77.9 Å². The summed E-state index contributed by atoms with van der Waals surface area (Å²) < 4.78 is 32.9. The summed E-state index contributed by atoms with van der Waals surface area (Å²) in [5.74, 6) is -0.0922. The van der Waals surface area contributed by atoms with Crippen LogP contribution in [0.1, 0.15) is 15.9 Å². The number of rotatable bonds is 5. The van der Waals surface area contributed by atoms with Gasteiger partial charge in [0.15, 0.2) is 0 Å². The minimum absolute atomic E-state index is 0.0922. The van der Waals surface area contributed by atoms with Crippen LogP contribution in [0.3, 0.4) is 0 Å². The highest BCUT2D eigenvalue weighted by atomic mass is 32.2. The van der Waals surface area contributed by atoms with Crippen molar-refractivity contribution in [1.29, 1.82) is 0 Å². The Morgan fingerprint density at radius 1 is 0.900 bits per heavy atom. The molecule has 6 nitrogen and oxygen atoms in total. The zero-order valence-electron chi connectivity index (χ0n) is 16.8. The SMILES string of the molecule is COCc1ccccc1C(=O)N1CCN(S(=O)(=O)c2ccc3ccccc3c2)CC1. The number of hydrogen-bond donors (Lipinski definition) is 0. The van der Waals surface area contributed by atoms with E-state index in [0.29, 0.717) is 25.3 Å². The van der Waals surface area contributed by atoms with E-state index in [1.54, 1.807) is 30.2 Å². The van der Waals surface area contributed by atoms with Crippen molar-refractivity contribution in [3.63, 3.8) is 0 Å². The highest BCUT2D eigenvalue weighted by Gasteiger charge is 2.31. The Labute approximate surface area is 176 Å². The van der Waals surface area contributed by atoms with Gasteiger partial charge < -0.3 is 9.64 Å². The number of carbonyl (C=O) groups excluding carboxylic acids is 1. The smallest absolute Gasteiger partial charge is 0.254 e. The number of benzene rings is 3. The Morgan fingerprint density at radius 3 is 2.30 bits per heavy atom. The van der Waals surface area contributed by atoms with Crippen LogP contribution in [-0.2, 0) is 21.4 Å². The fraction of sp³-hybridized carbons (Fsp3) is 0.261. The van der Waals surface area contributed by atoms with E-state index in [1.807, 2.05) is 48.5 Å². The molecule has 0 aliphatic carbocycles. The normalized spacial score (nSPS) is 15.4. The molecule has 0 N–H and O–H groups in total. The quantitative estimate of drug-likeness (QED) is 0.631. The molecule has 1 saturated heterocycles. The predicted molar refractivity (Wildman–Crippen MR) is 116 cm³/mol. The molecule has 3 aromatic rings. The van der Waals surface area contributed by atoms with Crippen LogP contribution in [0.25, 0.3) is 10.8 Å². The van der Waals surface area contributed by atoms with Crippen LogP contribution in [0, 0.1) is 0 Å². The van der Waals surface area contributed by atoms with Gasteiger partial charge in [-0.05, 0) is 34.5 Å². The summed E-state index contributed by atoms with van der Waals surface area (Å²) in [6, 6.07) is 20.2. The van der Waals surface area contributed by atoms with E-state index in [2.05, 4.69) is 0 Å². The van der Waals surface area contributed by atoms with Crippen LogP contribution in [0.15, 0.2) is 71.6 Å². The van der Waals surface area contributed by atoms with E-state index in [9.17, 15) is 13.2 Å². The summed E-state index contributed by atoms with van der Waals surface area (Å²) >= 11 is 0. The number of carbonyl (C=O) groups is 1. The second-order valence-corrected chi connectivity index (χ2v) is 9.23. The fourth-order valence-electron chi connectivity index (χ4n) is 3.79. The number of nitrogens with zero attached hydrogens (tertiary/aromatic N) is 2. The number of piperazine rings is 1. The highest BCUT2D eigenvalue weighted by molar-refractivity contribution is 7.89. The molecule has 0 bridgehead atoms. The molecule has 0 atom stereocenters. The van der Waals surface area contributed by atoms with Crippen molar-refractivity contribution in [2.24, 2.45) is 0 Å². The molecule has 1 heterocycles. The van der Waals surface area contributed by atoms with Gasteiger partial charge in [0.2, 0.25) is 10.0 Å². The Balaban J connectivity index is 1.49. The average Bonchev–Trinajstić information content (AvgIpc) is 2.79. The average molecular weight is 425 g/mol. The first-order valence-electron chi connectivity index (χ1n) is 9.86. The topological polar surface area (TPSA) is 66.9 Å². The zero-order valence-corrected chi connectivity index (χ0v) is 17.6. The summed E-state index contributed by atoms with van der Waals surface area (Å²) in [6.07, 6.45) is 0. The monoisotopic (exact) mass is 424 g/mol. The molecule has 0 aromatic heterocycles. The van der Waals surface area contributed by atoms with Crippen LogP contribution in [0.4, 0.5) is 0 Å². The summed E-state index contributed by atoms with van der Waals surface area (Å²) in [7, 11) is -2.01. The number of ether oxygens (including phenoxy) is 1. The lowest BCUT2D eigenvalue weighted by Crippen LogP contribution is -2.50. The van der Waals surface area contributed by atoms with Gasteiger partial charge in [-0.1, -0.05) is 48.5 Å². The largest absolute Gasteiger partial charge is 0.380 e. The lowest BCUT2D eigenvalue weighted by molar-refractivity contribution is 0.0693. The molecule has 0 unspecified atom stereocenters. The van der Waals surface area contributed by atoms with Crippen LogP contribution < -0.4 is 0 Å². The Hall–Kier alpha value is -2.74. The van der Waals surface area contributed by atoms with Gasteiger partial charge in [0.25, 0.3) is 5.91 Å². The summed E-state index contributed by atoms with van der Waals surface area (Å²) in [4.78, 5) is 15.0. The maximum atomic E-state index is 13.1. The van der Waals surface area contributed by atoms with E-state index >= 15 is 0 Å². The minimum atomic E-state index is -3.61. The van der Waals surface area contributed by atoms with E-state index in [-0.39, 0.29) is 23.9 Å². The van der Waals surface area contributed by atoms with Crippen LogP contribution in [0.5, 0.6) is 0 Å². The molecule has 0 radical (unpaired) electrons. The molecule has 3 aromatic carbocycles. The van der Waals surface area contributed by atoms with E-state index in [4.69, 9.17) is 4.74 Å². The lowest BCUT2D eigenvalue weighted by Gasteiger charge is -2.34. The predicted octanol–water partition coefficient (Wildman–Crippen LogP) is 3.13. The van der Waals surface area contributed by atoms with Crippen molar-refractivity contribution >= 4 is 26.7 Å². The summed E-state index contributed by atoms with van der Waals surface area (Å²) in [5, 5.41) is 1.89. The van der Waals surface area contributed by atoms with E-state index in [0.717, 1.165) is 16.3 Å². The van der Waals surface area contributed by atoms with Gasteiger partial charge in [0, 0.05) is 38.9 Å². The second kappa shape index (κ2) is 8.55. The van der Waals surface area contributed by atoms with Gasteiger partial charge in [-0.2, -0.15) is 4.31 Å². The van der Waals surface area contributed by atoms with Crippen molar-refractivity contribution < 1.29 is 17.9 Å². The zero-order chi connectivity index (χ0) is 21.1. The molecule has 1 aliphatic heterocycles. The third-order valence-electron chi connectivity index (χ3n) is 5.43. The molecule has 30 heavy (non-hydrogen) atoms. The molecule has 7 heteroatoms. The van der Waals surface area contributed by atoms with Gasteiger partial charge in [-0.25, -0.2) is 8.42 Å². The maximum Gasteiger partial charge on any atom is 0.254 e. The standard InChI is InChI=1S/C23H24N2O4S/c1-29-17-20-8-4-5-9-22(20)23(26)24-12-14-25(15-13-24)30(27,28)21-11-10-18-6-2-3-7-19(18)16-21/h2-11,16H,12-15,17H2,1H3. The van der Waals surface area contributed by atoms with Crippen molar-refractivity contribution in [1.82, 2.24) is 9.21 Å². The van der Waals surface area contributed by atoms with Crippen molar-refractivity contribution in [3.8, 4) is 0 Å². The van der Waals surface area contributed by atoms with Crippen molar-refractivity contribution in [2.45, 2.75) is 11.5 Å². The van der Waals surface area contributed by atoms with Crippen molar-refractivity contribution in [2.75, 3.05) is 33.3 Å². The molecule has 1 aliphatic rings. The summed E-state index contributed by atoms with van der Waals surface area (Å²) in [5.41, 5.74) is 1.43. The van der Waals surface area contributed by atoms with Crippen LogP contribution in [-0.4, -0.2) is 56.8 Å². The molecule has 1 fully saturated rings. The van der Waals surface area contributed by atoms with Crippen LogP contribution >= 0.6 is 0 Å². The number of fused-ring (bicyclic) bond motifs is 1. The first-order valence-corrected chi connectivity index (χ1v) is 11.3. The highest BCUT2D eigenvalue weighted by Crippen LogP contribution is 2.23. The van der Waals surface area contributed by atoms with Gasteiger partial charge in [0.1, 0.15) is 0 Å². The maximum absolute atomic E-state index is 13.1. The lowest BCUT2D eigenvalue weighted by atomic mass is 10.1. The molecular formula is C23H24N2O4S. The first-order chi connectivity index (χ1) is 14.5. The number of methoxy groups -OCH3 is 1. The van der Waals surface area contributed by atoms with E-state index in [1.165, 1.54) is 4.31 Å². The summed E-state index contributed by atoms with van der Waals surface area (Å²) in [6.45, 7) is 1.61. The second-order valence-electron chi connectivity index (χ2n) is 7.30. The Bertz CT molecular complexity index is 1170. The van der Waals surface area contributed by atoms with Gasteiger partial charge in [-0.15, -0.1) is 0 Å². The molecule has 0 saturated carbocycles. The van der Waals surface area contributed by atoms with Gasteiger partial charge in [-0.3, -0.25) is 4.79 Å². The molecule has 4 rings (SSSR count). The van der Waals surface area contributed by atoms with Gasteiger partial charge >= 0.3 is 0 Å². The minimum Gasteiger partial charge on any atom is -0.380 e. The Morgan fingerprint density at radius 2 is 1.57 bits per heavy atom. The number of sulfonamides is 1. The molecule has 156 valence electrons. The third kappa shape index (κ3) is 3.96. The third-order valence-corrected chi connectivity index (χ3v) is 7.33. The van der Waals surface area contributed by atoms with Gasteiger partial charge in [0.05, 0.1) is 11.5 Å².